The summed E-state index contributed by atoms with van der Waals surface area (Å²) < 4.78 is 23.0. The van der Waals surface area contributed by atoms with Crippen molar-refractivity contribution in [1.29, 1.82) is 0 Å². The molecule has 0 aliphatic rings. The minimum atomic E-state index is -1.04. The third-order valence-electron chi connectivity index (χ3n) is 2.16. The molecule has 4 nitrogen and oxygen atoms in total. The third kappa shape index (κ3) is 10.1. The molecule has 0 saturated carbocycles. The van der Waals surface area contributed by atoms with Crippen molar-refractivity contribution in [3.63, 3.8) is 0 Å². The molecule has 113 valence electrons. The second kappa shape index (κ2) is 10.4. The first-order valence-corrected chi connectivity index (χ1v) is 8.48. The molecule has 0 aromatic heterocycles. The van der Waals surface area contributed by atoms with Crippen LogP contribution in [-0.2, 0) is 41.9 Å². The molecule has 0 bridgehead atoms. The molecule has 0 heterocycles. The number of ether oxygens (including phenoxy) is 3. The SMILES string of the molecule is CC(C)COC(C[O][Hf])(OCC(C)C)OCC(C)C. The van der Waals surface area contributed by atoms with E-state index in [2.05, 4.69) is 41.5 Å². The van der Waals surface area contributed by atoms with Crippen molar-refractivity contribution in [2.75, 3.05) is 26.4 Å². The quantitative estimate of drug-likeness (QED) is 0.366. The molecule has 0 atom stereocenters. The van der Waals surface area contributed by atoms with Gasteiger partial charge in [0.05, 0.1) is 0 Å². The summed E-state index contributed by atoms with van der Waals surface area (Å²) in [4.78, 5) is 0. The Labute approximate surface area is 133 Å². The number of hydrogen-bond donors (Lipinski definition) is 0. The average Bonchev–Trinajstić information content (AvgIpc) is 2.31. The number of hydrogen-bond acceptors (Lipinski definition) is 4. The van der Waals surface area contributed by atoms with Gasteiger partial charge >= 0.3 is 134 Å². The van der Waals surface area contributed by atoms with Gasteiger partial charge in [-0.05, 0) is 0 Å². The van der Waals surface area contributed by atoms with E-state index >= 15 is 0 Å². The van der Waals surface area contributed by atoms with Crippen LogP contribution in [0.15, 0.2) is 0 Å². The molecule has 19 heavy (non-hydrogen) atoms. The van der Waals surface area contributed by atoms with Gasteiger partial charge in [-0.2, -0.15) is 0 Å². The monoisotopic (exact) mass is 441 g/mol. The zero-order valence-corrected chi connectivity index (χ0v) is 16.8. The fourth-order valence-electron chi connectivity index (χ4n) is 1.22. The second-order valence-electron chi connectivity index (χ2n) is 6.09. The molecule has 0 aromatic rings. The van der Waals surface area contributed by atoms with Gasteiger partial charge in [-0.15, -0.1) is 0 Å². The van der Waals surface area contributed by atoms with E-state index in [4.69, 9.17) is 17.1 Å². The second-order valence-corrected chi connectivity index (χ2v) is 7.12. The Hall–Kier alpha value is 0.710. The van der Waals surface area contributed by atoms with E-state index in [0.717, 1.165) is 0 Å². The van der Waals surface area contributed by atoms with Gasteiger partial charge in [0, 0.05) is 0 Å². The molecule has 0 spiro atoms. The molecule has 0 aliphatic heterocycles. The van der Waals surface area contributed by atoms with Crippen LogP contribution in [0.3, 0.4) is 0 Å². The third-order valence-corrected chi connectivity index (χ3v) is 2.68. The maximum atomic E-state index is 5.89. The molecule has 0 fully saturated rings. The van der Waals surface area contributed by atoms with E-state index in [0.29, 0.717) is 69.0 Å². The summed E-state index contributed by atoms with van der Waals surface area (Å²) in [6.45, 7) is 14.8. The van der Waals surface area contributed by atoms with Crippen molar-refractivity contribution in [2.45, 2.75) is 47.5 Å². The standard InChI is InChI=1S/C14H29O4.Hf/c1-11(2)7-16-14(10-15,17-8-12(3)4)18-9-13(5)6;/h11-13H,7-10H2,1-6H3;/q-1;+1. The molecular formula is C14H29HfO4. The molecule has 0 unspecified atom stereocenters. The van der Waals surface area contributed by atoms with E-state index in [1.807, 2.05) is 0 Å². The van der Waals surface area contributed by atoms with Gasteiger partial charge in [0.1, 0.15) is 0 Å². The summed E-state index contributed by atoms with van der Waals surface area (Å²) >= 11 is 0.640. The first kappa shape index (κ1) is 19.7. The van der Waals surface area contributed by atoms with Gasteiger partial charge in [-0.1, -0.05) is 0 Å². The molecule has 0 N–H and O–H groups in total. The fourth-order valence-corrected chi connectivity index (χ4v) is 1.85. The maximum absolute atomic E-state index is 5.89. The van der Waals surface area contributed by atoms with E-state index in [1.165, 1.54) is 0 Å². The van der Waals surface area contributed by atoms with Crippen molar-refractivity contribution in [3.8, 4) is 0 Å². The van der Waals surface area contributed by atoms with Gasteiger partial charge < -0.3 is 0 Å². The first-order valence-electron chi connectivity index (χ1n) is 7.01. The van der Waals surface area contributed by atoms with Crippen LogP contribution in [0.25, 0.3) is 0 Å². The molecule has 5 heteroatoms. The van der Waals surface area contributed by atoms with Crippen molar-refractivity contribution in [1.82, 2.24) is 0 Å². The van der Waals surface area contributed by atoms with E-state index in [-0.39, 0.29) is 0 Å². The molecule has 0 aromatic carbocycles. The molecule has 0 amide bonds. The van der Waals surface area contributed by atoms with Crippen LogP contribution in [0.5, 0.6) is 0 Å². The Balaban J connectivity index is 4.65. The topological polar surface area (TPSA) is 36.9 Å². The van der Waals surface area contributed by atoms with Gasteiger partial charge in [0.15, 0.2) is 0 Å². The average molecular weight is 440 g/mol. The summed E-state index contributed by atoms with van der Waals surface area (Å²) in [5.74, 6) is 0.247. The summed E-state index contributed by atoms with van der Waals surface area (Å²) in [6, 6.07) is 0. The predicted octanol–water partition coefficient (Wildman–Crippen LogP) is 3.14. The van der Waals surface area contributed by atoms with Crippen molar-refractivity contribution in [3.05, 3.63) is 0 Å². The van der Waals surface area contributed by atoms with Gasteiger partial charge in [-0.25, -0.2) is 0 Å². The van der Waals surface area contributed by atoms with E-state index in [1.54, 1.807) is 0 Å². The van der Waals surface area contributed by atoms with Crippen LogP contribution < -0.4 is 0 Å². The minimum absolute atomic E-state index is 0.339. The first-order chi connectivity index (χ1) is 8.81. The van der Waals surface area contributed by atoms with Crippen molar-refractivity contribution in [2.24, 2.45) is 17.8 Å². The van der Waals surface area contributed by atoms with Gasteiger partial charge in [0.25, 0.3) is 0 Å². The zero-order chi connectivity index (χ0) is 14.9. The summed E-state index contributed by atoms with van der Waals surface area (Å²) in [5, 5.41) is 0. The summed E-state index contributed by atoms with van der Waals surface area (Å²) in [6.07, 6.45) is 0. The summed E-state index contributed by atoms with van der Waals surface area (Å²) in [7, 11) is 0. The Kier molecular flexibility index (Phi) is 10.8. The molecule has 0 aliphatic carbocycles. The molecule has 0 saturated heterocycles. The van der Waals surface area contributed by atoms with Crippen LogP contribution in [0.1, 0.15) is 41.5 Å². The Morgan fingerprint density at radius 2 is 1.05 bits per heavy atom. The van der Waals surface area contributed by atoms with Crippen LogP contribution in [-0.4, -0.2) is 32.4 Å². The van der Waals surface area contributed by atoms with Crippen molar-refractivity contribution >= 4 is 0 Å². The van der Waals surface area contributed by atoms with E-state index in [9.17, 15) is 0 Å². The Morgan fingerprint density at radius 3 is 1.26 bits per heavy atom. The van der Waals surface area contributed by atoms with Crippen LogP contribution >= 0.6 is 0 Å². The van der Waals surface area contributed by atoms with Crippen LogP contribution in [0.4, 0.5) is 0 Å². The Bertz CT molecular complexity index is 188. The van der Waals surface area contributed by atoms with Crippen LogP contribution in [0.2, 0.25) is 0 Å². The van der Waals surface area contributed by atoms with Crippen LogP contribution in [0, 0.1) is 17.8 Å². The molecule has 0 rings (SSSR count). The number of rotatable bonds is 11. The molecular weight excluding hydrogens is 411 g/mol. The van der Waals surface area contributed by atoms with Gasteiger partial charge in [-0.3, -0.25) is 0 Å². The van der Waals surface area contributed by atoms with Crippen molar-refractivity contribution < 1.29 is 41.9 Å². The Morgan fingerprint density at radius 1 is 0.737 bits per heavy atom. The zero-order valence-electron chi connectivity index (χ0n) is 13.2. The van der Waals surface area contributed by atoms with Gasteiger partial charge in [0.2, 0.25) is 0 Å². The fraction of sp³-hybridized carbons (Fsp3) is 1.00. The molecule has 0 radical (unpaired) electrons. The predicted molar refractivity (Wildman–Crippen MR) is 71.1 cm³/mol. The summed E-state index contributed by atoms with van der Waals surface area (Å²) in [5.41, 5.74) is 0. The normalized spacial score (nSPS) is 12.8. The van der Waals surface area contributed by atoms with E-state index < -0.39 is 5.97 Å².